The van der Waals surface area contributed by atoms with Crippen LogP contribution in [0.15, 0.2) is 18.2 Å². The van der Waals surface area contributed by atoms with Crippen LogP contribution in [-0.4, -0.2) is 24.0 Å². The standard InChI is InChI=1S/C15H25ClN2/c1-5-8-18(11(2)3)15(10-17)13-7-6-12(4)14(16)9-13/h6-7,9,11,15H,5,8,10,17H2,1-4H3. The fourth-order valence-corrected chi connectivity index (χ4v) is 2.50. The van der Waals surface area contributed by atoms with Gasteiger partial charge in [-0.05, 0) is 50.9 Å². The Morgan fingerprint density at radius 2 is 2.00 bits per heavy atom. The Morgan fingerprint density at radius 3 is 2.44 bits per heavy atom. The number of benzene rings is 1. The molecule has 0 radical (unpaired) electrons. The highest BCUT2D eigenvalue weighted by atomic mass is 35.5. The average molecular weight is 269 g/mol. The maximum Gasteiger partial charge on any atom is 0.0473 e. The van der Waals surface area contributed by atoms with Gasteiger partial charge in [-0.1, -0.05) is 30.7 Å². The molecule has 0 saturated carbocycles. The van der Waals surface area contributed by atoms with Crippen molar-refractivity contribution in [1.29, 1.82) is 0 Å². The summed E-state index contributed by atoms with van der Waals surface area (Å²) < 4.78 is 0. The van der Waals surface area contributed by atoms with Crippen LogP contribution in [0.3, 0.4) is 0 Å². The van der Waals surface area contributed by atoms with Crippen molar-refractivity contribution in [1.82, 2.24) is 4.90 Å². The maximum absolute atomic E-state index is 6.22. The Hall–Kier alpha value is -0.570. The van der Waals surface area contributed by atoms with E-state index in [9.17, 15) is 0 Å². The van der Waals surface area contributed by atoms with E-state index in [-0.39, 0.29) is 6.04 Å². The van der Waals surface area contributed by atoms with E-state index >= 15 is 0 Å². The molecule has 1 atom stereocenters. The molecule has 0 aliphatic carbocycles. The molecule has 1 unspecified atom stereocenters. The van der Waals surface area contributed by atoms with Crippen molar-refractivity contribution in [2.24, 2.45) is 5.73 Å². The van der Waals surface area contributed by atoms with Crippen LogP contribution in [-0.2, 0) is 0 Å². The summed E-state index contributed by atoms with van der Waals surface area (Å²) in [6.45, 7) is 10.3. The molecule has 0 saturated heterocycles. The van der Waals surface area contributed by atoms with Crippen LogP contribution in [0.2, 0.25) is 5.02 Å². The molecule has 102 valence electrons. The van der Waals surface area contributed by atoms with Crippen molar-refractivity contribution in [3.05, 3.63) is 34.3 Å². The Morgan fingerprint density at radius 1 is 1.33 bits per heavy atom. The van der Waals surface area contributed by atoms with Crippen molar-refractivity contribution >= 4 is 11.6 Å². The molecule has 2 N–H and O–H groups in total. The predicted molar refractivity (Wildman–Crippen MR) is 80.1 cm³/mol. The Bertz CT molecular complexity index is 377. The van der Waals surface area contributed by atoms with Crippen LogP contribution in [0.5, 0.6) is 0 Å². The molecule has 0 spiro atoms. The van der Waals surface area contributed by atoms with Crippen molar-refractivity contribution in [3.8, 4) is 0 Å². The van der Waals surface area contributed by atoms with Gasteiger partial charge in [0.05, 0.1) is 0 Å². The fourth-order valence-electron chi connectivity index (χ4n) is 2.31. The lowest BCUT2D eigenvalue weighted by atomic mass is 10.0. The lowest BCUT2D eigenvalue weighted by Crippen LogP contribution is -2.39. The molecule has 0 heterocycles. The molecule has 3 heteroatoms. The third-order valence-electron chi connectivity index (χ3n) is 3.35. The van der Waals surface area contributed by atoms with Crippen molar-refractivity contribution in [2.75, 3.05) is 13.1 Å². The molecular weight excluding hydrogens is 244 g/mol. The Balaban J connectivity index is 3.02. The van der Waals surface area contributed by atoms with Crippen LogP contribution >= 0.6 is 11.6 Å². The normalized spacial score (nSPS) is 13.3. The first-order valence-corrected chi connectivity index (χ1v) is 7.10. The summed E-state index contributed by atoms with van der Waals surface area (Å²) in [7, 11) is 0. The van der Waals surface area contributed by atoms with Crippen molar-refractivity contribution in [2.45, 2.75) is 46.2 Å². The van der Waals surface area contributed by atoms with E-state index < -0.39 is 0 Å². The van der Waals surface area contributed by atoms with Crippen molar-refractivity contribution in [3.63, 3.8) is 0 Å². The second-order valence-corrected chi connectivity index (χ2v) is 5.50. The van der Waals surface area contributed by atoms with E-state index in [1.807, 2.05) is 6.92 Å². The minimum atomic E-state index is 0.253. The number of aryl methyl sites for hydroxylation is 1. The summed E-state index contributed by atoms with van der Waals surface area (Å²) in [5.74, 6) is 0. The van der Waals surface area contributed by atoms with E-state index in [4.69, 9.17) is 17.3 Å². The molecule has 1 rings (SSSR count). The van der Waals surface area contributed by atoms with Crippen LogP contribution in [0.25, 0.3) is 0 Å². The molecule has 0 aromatic heterocycles. The molecule has 1 aromatic carbocycles. The van der Waals surface area contributed by atoms with Gasteiger partial charge in [-0.3, -0.25) is 4.90 Å². The van der Waals surface area contributed by atoms with E-state index in [0.717, 1.165) is 23.6 Å². The maximum atomic E-state index is 6.22. The summed E-state index contributed by atoms with van der Waals surface area (Å²) >= 11 is 6.22. The van der Waals surface area contributed by atoms with Gasteiger partial charge in [0.2, 0.25) is 0 Å². The second kappa shape index (κ2) is 7.13. The lowest BCUT2D eigenvalue weighted by molar-refractivity contribution is 0.157. The average Bonchev–Trinajstić information content (AvgIpc) is 2.33. The van der Waals surface area contributed by atoms with E-state index in [1.165, 1.54) is 5.56 Å². The molecule has 0 aliphatic heterocycles. The first kappa shape index (κ1) is 15.5. The topological polar surface area (TPSA) is 29.3 Å². The molecular formula is C15H25ClN2. The highest BCUT2D eigenvalue weighted by molar-refractivity contribution is 6.31. The van der Waals surface area contributed by atoms with E-state index in [2.05, 4.69) is 43.9 Å². The summed E-state index contributed by atoms with van der Waals surface area (Å²) in [5.41, 5.74) is 8.31. The summed E-state index contributed by atoms with van der Waals surface area (Å²) in [5, 5.41) is 0.825. The number of halogens is 1. The Kier molecular flexibility index (Phi) is 6.13. The zero-order chi connectivity index (χ0) is 13.7. The SMILES string of the molecule is CCCN(C(C)C)C(CN)c1ccc(C)c(Cl)c1. The van der Waals surface area contributed by atoms with Gasteiger partial charge >= 0.3 is 0 Å². The Labute approximate surface area is 116 Å². The molecule has 1 aromatic rings. The van der Waals surface area contributed by atoms with Crippen molar-refractivity contribution < 1.29 is 0 Å². The number of rotatable bonds is 6. The number of hydrogen-bond donors (Lipinski definition) is 1. The minimum absolute atomic E-state index is 0.253. The van der Waals surface area contributed by atoms with Crippen LogP contribution in [0, 0.1) is 6.92 Å². The van der Waals surface area contributed by atoms with Gasteiger partial charge in [-0.25, -0.2) is 0 Å². The van der Waals surface area contributed by atoms with E-state index in [0.29, 0.717) is 12.6 Å². The first-order valence-electron chi connectivity index (χ1n) is 6.73. The molecule has 0 aliphatic rings. The second-order valence-electron chi connectivity index (χ2n) is 5.09. The van der Waals surface area contributed by atoms with E-state index in [1.54, 1.807) is 0 Å². The number of hydrogen-bond acceptors (Lipinski definition) is 2. The monoisotopic (exact) mass is 268 g/mol. The highest BCUT2D eigenvalue weighted by Gasteiger charge is 2.21. The first-order chi connectivity index (χ1) is 8.51. The molecule has 18 heavy (non-hydrogen) atoms. The van der Waals surface area contributed by atoms with Crippen LogP contribution < -0.4 is 5.73 Å². The zero-order valence-corrected chi connectivity index (χ0v) is 12.7. The third kappa shape index (κ3) is 3.71. The third-order valence-corrected chi connectivity index (χ3v) is 3.76. The van der Waals surface area contributed by atoms with Gasteiger partial charge in [0.25, 0.3) is 0 Å². The molecule has 0 amide bonds. The van der Waals surface area contributed by atoms with Gasteiger partial charge in [0.15, 0.2) is 0 Å². The van der Waals surface area contributed by atoms with Crippen LogP contribution in [0.1, 0.15) is 44.4 Å². The highest BCUT2D eigenvalue weighted by Crippen LogP contribution is 2.26. The largest absolute Gasteiger partial charge is 0.329 e. The number of nitrogens with zero attached hydrogens (tertiary/aromatic N) is 1. The molecule has 0 fully saturated rings. The predicted octanol–water partition coefficient (Wildman–Crippen LogP) is 3.77. The van der Waals surface area contributed by atoms with Crippen LogP contribution in [0.4, 0.5) is 0 Å². The number of nitrogens with two attached hydrogens (primary N) is 1. The molecule has 0 bridgehead atoms. The lowest BCUT2D eigenvalue weighted by Gasteiger charge is -2.34. The summed E-state index contributed by atoms with van der Waals surface area (Å²) in [6.07, 6.45) is 1.13. The summed E-state index contributed by atoms with van der Waals surface area (Å²) in [4.78, 5) is 2.45. The minimum Gasteiger partial charge on any atom is -0.329 e. The fraction of sp³-hybridized carbons (Fsp3) is 0.600. The van der Waals surface area contributed by atoms with Gasteiger partial charge in [0.1, 0.15) is 0 Å². The quantitative estimate of drug-likeness (QED) is 0.851. The smallest absolute Gasteiger partial charge is 0.0473 e. The van der Waals surface area contributed by atoms with Gasteiger partial charge < -0.3 is 5.73 Å². The van der Waals surface area contributed by atoms with Gasteiger partial charge in [-0.2, -0.15) is 0 Å². The molecule has 2 nitrogen and oxygen atoms in total. The van der Waals surface area contributed by atoms with Gasteiger partial charge in [-0.15, -0.1) is 0 Å². The summed E-state index contributed by atoms with van der Waals surface area (Å²) in [6, 6.07) is 7.01. The van der Waals surface area contributed by atoms with Gasteiger partial charge in [0, 0.05) is 23.7 Å². The zero-order valence-electron chi connectivity index (χ0n) is 11.9.